The molecule has 1 aliphatic rings. The van der Waals surface area contributed by atoms with Gasteiger partial charge in [-0.3, -0.25) is 9.59 Å². The lowest BCUT2D eigenvalue weighted by Crippen LogP contribution is -2.39. The number of carbonyl (C=O) groups excluding carboxylic acids is 2. The maximum atomic E-state index is 11.9. The van der Waals surface area contributed by atoms with Gasteiger partial charge in [0.15, 0.2) is 0 Å². The van der Waals surface area contributed by atoms with Gasteiger partial charge in [0.25, 0.3) is 5.91 Å². The van der Waals surface area contributed by atoms with Crippen molar-refractivity contribution in [3.8, 4) is 0 Å². The molecule has 0 spiro atoms. The molecule has 26 heavy (non-hydrogen) atoms. The monoisotopic (exact) mass is 379 g/mol. The number of amides is 2. The number of nitrogens with one attached hydrogen (secondary N) is 2. The number of piperidine rings is 1. The molecule has 0 bridgehead atoms. The molecule has 0 radical (unpaired) electrons. The van der Waals surface area contributed by atoms with E-state index in [9.17, 15) is 9.59 Å². The summed E-state index contributed by atoms with van der Waals surface area (Å²) in [5.74, 6) is -0.0878. The van der Waals surface area contributed by atoms with Crippen molar-refractivity contribution >= 4 is 23.4 Å². The van der Waals surface area contributed by atoms with E-state index in [0.717, 1.165) is 19.5 Å². The number of halogens is 1. The number of hydrogen-bond acceptors (Lipinski definition) is 3. The van der Waals surface area contributed by atoms with Gasteiger partial charge in [0.2, 0.25) is 5.91 Å². The van der Waals surface area contributed by atoms with Crippen LogP contribution in [0.15, 0.2) is 24.3 Å². The summed E-state index contributed by atoms with van der Waals surface area (Å²) in [6.45, 7) is 5.73. The minimum atomic E-state index is -0.141. The van der Waals surface area contributed by atoms with Crippen molar-refractivity contribution in [2.45, 2.75) is 51.5 Å². The van der Waals surface area contributed by atoms with Crippen molar-refractivity contribution in [2.24, 2.45) is 0 Å². The molecule has 1 saturated heterocycles. The van der Waals surface area contributed by atoms with Gasteiger partial charge in [0.1, 0.15) is 0 Å². The van der Waals surface area contributed by atoms with Gasteiger partial charge in [0, 0.05) is 42.7 Å². The lowest BCUT2D eigenvalue weighted by Gasteiger charge is -2.33. The minimum Gasteiger partial charge on any atom is -0.356 e. The van der Waals surface area contributed by atoms with Crippen molar-refractivity contribution in [3.63, 3.8) is 0 Å². The molecule has 0 saturated carbocycles. The second kappa shape index (κ2) is 11.2. The first-order valence-corrected chi connectivity index (χ1v) is 9.98. The Balaban J connectivity index is 1.50. The topological polar surface area (TPSA) is 61.4 Å². The summed E-state index contributed by atoms with van der Waals surface area (Å²) in [4.78, 5) is 26.3. The van der Waals surface area contributed by atoms with Crippen molar-refractivity contribution in [3.05, 3.63) is 34.9 Å². The minimum absolute atomic E-state index is 0.0532. The van der Waals surface area contributed by atoms with E-state index in [0.29, 0.717) is 36.0 Å². The first kappa shape index (κ1) is 20.7. The number of benzene rings is 1. The van der Waals surface area contributed by atoms with Crippen LogP contribution in [0.25, 0.3) is 0 Å². The maximum Gasteiger partial charge on any atom is 0.251 e. The van der Waals surface area contributed by atoms with Gasteiger partial charge >= 0.3 is 0 Å². The average molecular weight is 380 g/mol. The van der Waals surface area contributed by atoms with E-state index in [4.69, 9.17) is 11.6 Å². The second-order valence-corrected chi connectivity index (χ2v) is 7.39. The second-order valence-electron chi connectivity index (χ2n) is 6.95. The van der Waals surface area contributed by atoms with Crippen LogP contribution in [0, 0.1) is 0 Å². The Morgan fingerprint density at radius 2 is 1.85 bits per heavy atom. The number of hydrogen-bond donors (Lipinski definition) is 2. The van der Waals surface area contributed by atoms with Crippen LogP contribution in [0.5, 0.6) is 0 Å². The molecule has 5 nitrogen and oxygen atoms in total. The molecular weight excluding hydrogens is 350 g/mol. The van der Waals surface area contributed by atoms with Crippen LogP contribution in [-0.4, -0.2) is 48.9 Å². The molecule has 1 aromatic rings. The van der Waals surface area contributed by atoms with Gasteiger partial charge in [-0.25, -0.2) is 0 Å². The Bertz CT molecular complexity index is 577. The van der Waals surface area contributed by atoms with Crippen molar-refractivity contribution in [1.82, 2.24) is 15.5 Å². The van der Waals surface area contributed by atoms with Gasteiger partial charge < -0.3 is 15.5 Å². The first-order valence-electron chi connectivity index (χ1n) is 9.61. The van der Waals surface area contributed by atoms with Crippen LogP contribution in [-0.2, 0) is 4.79 Å². The fourth-order valence-corrected chi connectivity index (χ4v) is 3.37. The SMILES string of the molecule is CC1CCCCN1CCCNC(=O)CCCNC(=O)c1ccc(Cl)cc1. The van der Waals surface area contributed by atoms with Crippen molar-refractivity contribution in [2.75, 3.05) is 26.2 Å². The lowest BCUT2D eigenvalue weighted by atomic mass is 10.0. The molecule has 1 heterocycles. The summed E-state index contributed by atoms with van der Waals surface area (Å²) in [6.07, 6.45) is 5.97. The summed E-state index contributed by atoms with van der Waals surface area (Å²) in [5, 5.41) is 6.39. The highest BCUT2D eigenvalue weighted by Gasteiger charge is 2.17. The average Bonchev–Trinajstić information content (AvgIpc) is 2.64. The summed E-state index contributed by atoms with van der Waals surface area (Å²) in [5.41, 5.74) is 0.575. The zero-order valence-corrected chi connectivity index (χ0v) is 16.4. The van der Waals surface area contributed by atoms with Crippen LogP contribution >= 0.6 is 11.6 Å². The van der Waals surface area contributed by atoms with Crippen LogP contribution in [0.1, 0.15) is 55.8 Å². The molecular formula is C20H30ClN3O2. The third kappa shape index (κ3) is 7.34. The van der Waals surface area contributed by atoms with Crippen LogP contribution < -0.4 is 10.6 Å². The summed E-state index contributed by atoms with van der Waals surface area (Å²) < 4.78 is 0. The van der Waals surface area contributed by atoms with Gasteiger partial charge in [-0.15, -0.1) is 0 Å². The summed E-state index contributed by atoms with van der Waals surface area (Å²) in [6, 6.07) is 7.42. The van der Waals surface area contributed by atoms with Crippen LogP contribution in [0.3, 0.4) is 0 Å². The zero-order valence-electron chi connectivity index (χ0n) is 15.6. The normalized spacial score (nSPS) is 17.7. The van der Waals surface area contributed by atoms with Crippen molar-refractivity contribution in [1.29, 1.82) is 0 Å². The van der Waals surface area contributed by atoms with E-state index < -0.39 is 0 Å². The van der Waals surface area contributed by atoms with E-state index in [2.05, 4.69) is 22.5 Å². The molecule has 1 aliphatic heterocycles. The largest absolute Gasteiger partial charge is 0.356 e. The third-order valence-corrected chi connectivity index (χ3v) is 5.11. The molecule has 1 aromatic carbocycles. The summed E-state index contributed by atoms with van der Waals surface area (Å²) in [7, 11) is 0. The smallest absolute Gasteiger partial charge is 0.251 e. The predicted molar refractivity (Wildman–Crippen MR) is 106 cm³/mol. The highest BCUT2D eigenvalue weighted by atomic mass is 35.5. The Morgan fingerprint density at radius 1 is 1.12 bits per heavy atom. The number of rotatable bonds is 9. The fourth-order valence-electron chi connectivity index (χ4n) is 3.24. The lowest BCUT2D eigenvalue weighted by molar-refractivity contribution is -0.121. The Labute approximate surface area is 161 Å². The van der Waals surface area contributed by atoms with Crippen LogP contribution in [0.4, 0.5) is 0 Å². The first-order chi connectivity index (χ1) is 12.6. The van der Waals surface area contributed by atoms with E-state index >= 15 is 0 Å². The van der Waals surface area contributed by atoms with E-state index in [1.54, 1.807) is 24.3 Å². The third-order valence-electron chi connectivity index (χ3n) is 4.86. The molecule has 1 atom stereocenters. The Morgan fingerprint density at radius 3 is 2.58 bits per heavy atom. The number of nitrogens with zero attached hydrogens (tertiary/aromatic N) is 1. The van der Waals surface area contributed by atoms with Gasteiger partial charge in [0.05, 0.1) is 0 Å². The molecule has 0 aliphatic carbocycles. The maximum absolute atomic E-state index is 11.9. The number of likely N-dealkylation sites (tertiary alicyclic amines) is 1. The Kier molecular flexibility index (Phi) is 8.92. The molecule has 1 fully saturated rings. The molecule has 2 rings (SSSR count). The molecule has 0 aromatic heterocycles. The van der Waals surface area contributed by atoms with Crippen molar-refractivity contribution < 1.29 is 9.59 Å². The quantitative estimate of drug-likeness (QED) is 0.647. The summed E-state index contributed by atoms with van der Waals surface area (Å²) >= 11 is 5.80. The van der Waals surface area contributed by atoms with Gasteiger partial charge in [-0.2, -0.15) is 0 Å². The fraction of sp³-hybridized carbons (Fsp3) is 0.600. The number of carbonyl (C=O) groups is 2. The molecule has 2 amide bonds. The van der Waals surface area contributed by atoms with Gasteiger partial charge in [-0.05, 0) is 63.4 Å². The highest BCUT2D eigenvalue weighted by molar-refractivity contribution is 6.30. The van der Waals surface area contributed by atoms with Crippen LogP contribution in [0.2, 0.25) is 5.02 Å². The van der Waals surface area contributed by atoms with E-state index in [1.807, 2.05) is 0 Å². The Hall–Kier alpha value is -1.59. The van der Waals surface area contributed by atoms with E-state index in [-0.39, 0.29) is 11.8 Å². The zero-order chi connectivity index (χ0) is 18.8. The molecule has 1 unspecified atom stereocenters. The van der Waals surface area contributed by atoms with E-state index in [1.165, 1.54) is 25.8 Å². The molecule has 6 heteroatoms. The standard InChI is InChI=1S/C20H30ClN3O2/c1-16-6-2-3-14-24(16)15-5-13-22-19(25)7-4-12-23-20(26)17-8-10-18(21)11-9-17/h8-11,16H,2-7,12-15H2,1H3,(H,22,25)(H,23,26). The molecule has 144 valence electrons. The van der Waals surface area contributed by atoms with Gasteiger partial charge in [-0.1, -0.05) is 18.0 Å². The highest BCUT2D eigenvalue weighted by Crippen LogP contribution is 2.16. The molecule has 2 N–H and O–H groups in total. The predicted octanol–water partition coefficient (Wildman–Crippen LogP) is 3.23.